The van der Waals surface area contributed by atoms with Crippen LogP contribution < -0.4 is 26.6 Å². The molecule has 14 nitrogen and oxygen atoms in total. The highest BCUT2D eigenvalue weighted by atomic mass is 32.2. The Balaban J connectivity index is 1.58. The highest BCUT2D eigenvalue weighted by molar-refractivity contribution is 8.00. The maximum Gasteiger partial charge on any atom is 0.246 e. The number of piperazine rings is 1. The summed E-state index contributed by atoms with van der Waals surface area (Å²) in [5.74, 6) is -0.322. The van der Waals surface area contributed by atoms with E-state index in [0.29, 0.717) is 58.1 Å². The van der Waals surface area contributed by atoms with Crippen molar-refractivity contribution in [1.82, 2.24) is 31.5 Å². The van der Waals surface area contributed by atoms with Crippen molar-refractivity contribution in [2.24, 2.45) is 5.41 Å². The molecule has 5 N–H and O–H groups in total. The van der Waals surface area contributed by atoms with Crippen molar-refractivity contribution >= 4 is 53.1 Å². The number of hydrogen-bond donors (Lipinski definition) is 5. The number of likely N-dealkylation sites (tertiary alicyclic amines) is 1. The van der Waals surface area contributed by atoms with Crippen LogP contribution in [0.4, 0.5) is 0 Å². The van der Waals surface area contributed by atoms with E-state index in [1.165, 1.54) is 16.7 Å². The van der Waals surface area contributed by atoms with E-state index in [1.807, 2.05) is 27.7 Å². The van der Waals surface area contributed by atoms with Crippen molar-refractivity contribution in [1.29, 1.82) is 0 Å². The Morgan fingerprint density at radius 2 is 1.50 bits per heavy atom. The van der Waals surface area contributed by atoms with Gasteiger partial charge in [0.15, 0.2) is 0 Å². The van der Waals surface area contributed by atoms with Crippen molar-refractivity contribution < 1.29 is 38.3 Å². The predicted molar refractivity (Wildman–Crippen MR) is 229 cm³/mol. The largest absolute Gasteiger partial charge is 0.375 e. The fraction of sp³-hybridized carbons (Fsp3) is 0.837. The molecule has 3 atom stereocenters. The monoisotopic (exact) mass is 837 g/mol. The molecule has 58 heavy (non-hydrogen) atoms. The molecule has 2 fully saturated rings. The summed E-state index contributed by atoms with van der Waals surface area (Å²) in [7, 11) is 0. The summed E-state index contributed by atoms with van der Waals surface area (Å²) in [6, 6.07) is -0.569. The van der Waals surface area contributed by atoms with Crippen LogP contribution in [0.2, 0.25) is 0 Å². The number of imide groups is 1. The fourth-order valence-electron chi connectivity index (χ4n) is 6.68. The van der Waals surface area contributed by atoms with Gasteiger partial charge in [-0.3, -0.25) is 38.5 Å². The van der Waals surface area contributed by atoms with E-state index < -0.39 is 28.0 Å². The molecule has 332 valence electrons. The summed E-state index contributed by atoms with van der Waals surface area (Å²) in [6.45, 7) is 19.4. The van der Waals surface area contributed by atoms with Gasteiger partial charge in [-0.15, -0.1) is 11.8 Å². The molecule has 0 aliphatic carbocycles. The van der Waals surface area contributed by atoms with E-state index in [2.05, 4.69) is 54.3 Å². The second kappa shape index (κ2) is 24.2. The molecule has 2 saturated heterocycles. The normalized spacial score (nSPS) is 20.2. The lowest BCUT2D eigenvalue weighted by molar-refractivity contribution is -0.141. The van der Waals surface area contributed by atoms with Crippen molar-refractivity contribution in [3.8, 4) is 0 Å². The third-order valence-electron chi connectivity index (χ3n) is 10.8. The van der Waals surface area contributed by atoms with Crippen LogP contribution >= 0.6 is 11.8 Å². The van der Waals surface area contributed by atoms with Crippen LogP contribution in [-0.2, 0) is 38.3 Å². The van der Waals surface area contributed by atoms with Gasteiger partial charge < -0.3 is 31.3 Å². The van der Waals surface area contributed by atoms with E-state index in [0.717, 1.165) is 50.8 Å². The first-order chi connectivity index (χ1) is 27.1. The van der Waals surface area contributed by atoms with Crippen LogP contribution in [0.1, 0.15) is 165 Å². The Hall–Kier alpha value is -3.20. The summed E-state index contributed by atoms with van der Waals surface area (Å²) in [5.41, 5.74) is -2.00. The quantitative estimate of drug-likeness (QED) is 0.0530. The molecule has 2 aliphatic rings. The molecule has 0 bridgehead atoms. The van der Waals surface area contributed by atoms with Crippen LogP contribution in [0.5, 0.6) is 0 Å². The topological polar surface area (TPSA) is 192 Å². The highest BCUT2D eigenvalue weighted by Gasteiger charge is 2.43. The molecular formula is C43H76N6O8S. The van der Waals surface area contributed by atoms with Gasteiger partial charge in [-0.05, 0) is 110 Å². The van der Waals surface area contributed by atoms with Gasteiger partial charge in [0.05, 0.1) is 10.9 Å². The minimum atomic E-state index is -0.901. The molecule has 0 spiro atoms. The number of thioether (sulfide) groups is 1. The minimum absolute atomic E-state index is 0.0178. The van der Waals surface area contributed by atoms with E-state index in [4.69, 9.17) is 4.74 Å². The Morgan fingerprint density at radius 3 is 2.17 bits per heavy atom. The van der Waals surface area contributed by atoms with Gasteiger partial charge in [-0.2, -0.15) is 0 Å². The van der Waals surface area contributed by atoms with Gasteiger partial charge in [0.1, 0.15) is 11.6 Å². The summed E-state index contributed by atoms with van der Waals surface area (Å²) < 4.78 is 6.11. The van der Waals surface area contributed by atoms with E-state index >= 15 is 0 Å². The van der Waals surface area contributed by atoms with Crippen LogP contribution in [0, 0.1) is 5.41 Å². The van der Waals surface area contributed by atoms with Crippen LogP contribution in [0.25, 0.3) is 0 Å². The number of carbonyl (C=O) groups excluding carboxylic acids is 7. The lowest BCUT2D eigenvalue weighted by Crippen LogP contribution is -2.68. The fourth-order valence-corrected chi connectivity index (χ4v) is 7.86. The Morgan fingerprint density at radius 1 is 0.828 bits per heavy atom. The summed E-state index contributed by atoms with van der Waals surface area (Å²) in [4.78, 5) is 89.5. The van der Waals surface area contributed by atoms with Gasteiger partial charge in [0.2, 0.25) is 41.4 Å². The number of amides is 7. The molecule has 2 rings (SSSR count). The third kappa shape index (κ3) is 19.7. The molecule has 7 amide bonds. The van der Waals surface area contributed by atoms with Crippen LogP contribution in [-0.4, -0.2) is 106 Å². The standard InChI is InChI=1S/C43H76N6O8S/c1-10-11-25-44-33(50)18-13-12-16-29-58-32-30-36(53)49(38(32)55)27-20-35(52)47-41(5,6)24-28-57-42(7,8)21-19-34(51)45-26-15-14-17-31-37(54)48-43(9,39(56)46-31)23-22-40(2,3)4/h31-32H,10-30H2,1-9H3,(H,44,50)(H,45,51)(H,46,56)(H,47,52)(H,48,54). The second-order valence-electron chi connectivity index (χ2n) is 18.8. The first kappa shape index (κ1) is 50.9. The van der Waals surface area contributed by atoms with Gasteiger partial charge in [0.25, 0.3) is 0 Å². The van der Waals surface area contributed by atoms with Crippen LogP contribution in [0.3, 0.4) is 0 Å². The lowest BCUT2D eigenvalue weighted by Gasteiger charge is -2.38. The van der Waals surface area contributed by atoms with Gasteiger partial charge in [-0.1, -0.05) is 40.5 Å². The number of nitrogens with zero attached hydrogens (tertiary/aromatic N) is 1. The molecule has 0 aromatic carbocycles. The first-order valence-corrected chi connectivity index (χ1v) is 22.7. The lowest BCUT2D eigenvalue weighted by atomic mass is 9.82. The van der Waals surface area contributed by atoms with Gasteiger partial charge in [0, 0.05) is 57.5 Å². The van der Waals surface area contributed by atoms with E-state index in [-0.39, 0.29) is 72.6 Å². The molecule has 0 aromatic rings. The van der Waals surface area contributed by atoms with Crippen molar-refractivity contribution in [3.63, 3.8) is 0 Å². The molecule has 0 saturated carbocycles. The summed E-state index contributed by atoms with van der Waals surface area (Å²) in [6.07, 6.45) is 9.81. The Bertz CT molecular complexity index is 1400. The van der Waals surface area contributed by atoms with Gasteiger partial charge >= 0.3 is 0 Å². The number of carbonyl (C=O) groups is 7. The number of nitrogens with one attached hydrogen (secondary N) is 5. The smallest absolute Gasteiger partial charge is 0.246 e. The van der Waals surface area contributed by atoms with Crippen molar-refractivity contribution in [3.05, 3.63) is 0 Å². The minimum Gasteiger partial charge on any atom is -0.375 e. The summed E-state index contributed by atoms with van der Waals surface area (Å²) in [5, 5.41) is 14.3. The van der Waals surface area contributed by atoms with Crippen molar-refractivity contribution in [2.45, 2.75) is 193 Å². The zero-order valence-electron chi connectivity index (χ0n) is 37.1. The SMILES string of the molecule is CCCCNC(=O)CCCCCSC1CC(=O)N(CCC(=O)NC(C)(C)CCOC(C)(C)CCC(=O)NCCCCC2NC(=O)C(C)(CCC(C)(C)C)NC2=O)C1=O. The number of unbranched alkanes of at least 4 members (excludes halogenated alkanes) is 4. The van der Waals surface area contributed by atoms with Crippen molar-refractivity contribution in [2.75, 3.05) is 32.0 Å². The van der Waals surface area contributed by atoms with Crippen LogP contribution in [0.15, 0.2) is 0 Å². The molecule has 2 aliphatic heterocycles. The predicted octanol–water partition coefficient (Wildman–Crippen LogP) is 5.06. The maximum atomic E-state index is 12.9. The molecule has 3 unspecified atom stereocenters. The average Bonchev–Trinajstić information content (AvgIpc) is 3.39. The highest BCUT2D eigenvalue weighted by Crippen LogP contribution is 2.28. The van der Waals surface area contributed by atoms with E-state index in [1.54, 1.807) is 6.92 Å². The average molecular weight is 837 g/mol. The Labute approximate surface area is 352 Å². The molecular weight excluding hydrogens is 761 g/mol. The second-order valence-corrected chi connectivity index (χ2v) is 20.1. The molecule has 15 heteroatoms. The summed E-state index contributed by atoms with van der Waals surface area (Å²) >= 11 is 1.48. The maximum absolute atomic E-state index is 12.9. The third-order valence-corrected chi connectivity index (χ3v) is 12.1. The Kier molecular flexibility index (Phi) is 21.2. The first-order valence-electron chi connectivity index (χ1n) is 21.6. The van der Waals surface area contributed by atoms with Gasteiger partial charge in [-0.25, -0.2) is 0 Å². The number of ether oxygens (including phenoxy) is 1. The zero-order valence-corrected chi connectivity index (χ0v) is 37.9. The molecule has 0 radical (unpaired) electrons. The van der Waals surface area contributed by atoms with E-state index in [9.17, 15) is 33.6 Å². The number of hydrogen-bond acceptors (Lipinski definition) is 9. The molecule has 2 heterocycles. The number of rotatable bonds is 28. The zero-order chi connectivity index (χ0) is 43.6. The molecule has 0 aromatic heterocycles.